The average Bonchev–Trinajstić information content (AvgIpc) is 2.30. The third kappa shape index (κ3) is 4.43. The van der Waals surface area contributed by atoms with Crippen molar-refractivity contribution in [3.05, 3.63) is 35.4 Å². The molecule has 16 heavy (non-hydrogen) atoms. The first-order valence-electron chi connectivity index (χ1n) is 5.43. The van der Waals surface area contributed by atoms with E-state index in [4.69, 9.17) is 10.00 Å². The number of nitrogens with zero attached hydrogens (tertiary/aromatic N) is 1. The molecule has 0 saturated carbocycles. The molecule has 1 atom stereocenters. The molecule has 1 N–H and O–H groups in total. The number of hydrogen-bond donors (Lipinski definition) is 1. The summed E-state index contributed by atoms with van der Waals surface area (Å²) in [5.41, 5.74) is 2.40. The summed E-state index contributed by atoms with van der Waals surface area (Å²) in [5.74, 6) is 0.0576. The molecule has 0 aliphatic rings. The van der Waals surface area contributed by atoms with Crippen molar-refractivity contribution < 1.29 is 4.74 Å². The Morgan fingerprint density at radius 1 is 1.44 bits per heavy atom. The SMILES string of the molecule is COCc1cccc(CNCC(C)C#N)c1. The first-order chi connectivity index (χ1) is 7.76. The molecule has 1 aromatic carbocycles. The van der Waals surface area contributed by atoms with Gasteiger partial charge in [-0.1, -0.05) is 24.3 Å². The summed E-state index contributed by atoms with van der Waals surface area (Å²) >= 11 is 0. The van der Waals surface area contributed by atoms with E-state index in [0.717, 1.165) is 13.1 Å². The van der Waals surface area contributed by atoms with Crippen molar-refractivity contribution in [3.8, 4) is 6.07 Å². The molecule has 0 bridgehead atoms. The van der Waals surface area contributed by atoms with Crippen LogP contribution in [0.3, 0.4) is 0 Å². The lowest BCUT2D eigenvalue weighted by Crippen LogP contribution is -2.19. The second kappa shape index (κ2) is 7.00. The number of ether oxygens (including phenoxy) is 1. The predicted octanol–water partition coefficient (Wildman–Crippen LogP) is 2.08. The smallest absolute Gasteiger partial charge is 0.0713 e. The summed E-state index contributed by atoms with van der Waals surface area (Å²) in [6, 6.07) is 10.5. The van der Waals surface area contributed by atoms with Crippen molar-refractivity contribution in [3.63, 3.8) is 0 Å². The number of methoxy groups -OCH3 is 1. The highest BCUT2D eigenvalue weighted by atomic mass is 16.5. The van der Waals surface area contributed by atoms with Gasteiger partial charge in [0.15, 0.2) is 0 Å². The van der Waals surface area contributed by atoms with Crippen LogP contribution in [0.15, 0.2) is 24.3 Å². The number of benzene rings is 1. The molecule has 0 aromatic heterocycles. The first-order valence-corrected chi connectivity index (χ1v) is 5.43. The van der Waals surface area contributed by atoms with Gasteiger partial charge in [0.1, 0.15) is 0 Å². The lowest BCUT2D eigenvalue weighted by atomic mass is 10.1. The van der Waals surface area contributed by atoms with Crippen LogP contribution in [0.2, 0.25) is 0 Å². The molecule has 0 spiro atoms. The van der Waals surface area contributed by atoms with Crippen LogP contribution in [0.5, 0.6) is 0 Å². The fourth-order valence-electron chi connectivity index (χ4n) is 1.47. The molecular weight excluding hydrogens is 200 g/mol. The number of nitrogens with one attached hydrogen (secondary N) is 1. The van der Waals surface area contributed by atoms with Gasteiger partial charge in [-0.25, -0.2) is 0 Å². The molecule has 1 rings (SSSR count). The molecular formula is C13H18N2O. The minimum Gasteiger partial charge on any atom is -0.380 e. The zero-order chi connectivity index (χ0) is 11.8. The molecule has 0 heterocycles. The molecule has 0 saturated heterocycles. The van der Waals surface area contributed by atoms with Gasteiger partial charge in [0, 0.05) is 20.2 Å². The molecule has 1 unspecified atom stereocenters. The van der Waals surface area contributed by atoms with Gasteiger partial charge in [-0.3, -0.25) is 0 Å². The van der Waals surface area contributed by atoms with Crippen LogP contribution in [0.1, 0.15) is 18.1 Å². The van der Waals surface area contributed by atoms with Gasteiger partial charge in [-0.15, -0.1) is 0 Å². The summed E-state index contributed by atoms with van der Waals surface area (Å²) in [6.45, 7) is 4.07. The van der Waals surface area contributed by atoms with Crippen molar-refractivity contribution in [1.82, 2.24) is 5.32 Å². The summed E-state index contributed by atoms with van der Waals surface area (Å²) in [4.78, 5) is 0. The maximum absolute atomic E-state index is 8.64. The molecule has 0 aliphatic heterocycles. The van der Waals surface area contributed by atoms with Crippen molar-refractivity contribution in [2.24, 2.45) is 5.92 Å². The van der Waals surface area contributed by atoms with E-state index in [1.165, 1.54) is 11.1 Å². The van der Waals surface area contributed by atoms with Crippen molar-refractivity contribution >= 4 is 0 Å². The van der Waals surface area contributed by atoms with E-state index in [9.17, 15) is 0 Å². The van der Waals surface area contributed by atoms with Crippen molar-refractivity contribution in [2.75, 3.05) is 13.7 Å². The van der Waals surface area contributed by atoms with Crippen molar-refractivity contribution in [2.45, 2.75) is 20.1 Å². The van der Waals surface area contributed by atoms with Crippen LogP contribution in [0, 0.1) is 17.2 Å². The zero-order valence-corrected chi connectivity index (χ0v) is 9.86. The third-order valence-corrected chi connectivity index (χ3v) is 2.30. The Labute approximate surface area is 97.0 Å². The van der Waals surface area contributed by atoms with E-state index < -0.39 is 0 Å². The highest BCUT2D eigenvalue weighted by Crippen LogP contribution is 2.06. The normalized spacial score (nSPS) is 12.1. The molecule has 86 valence electrons. The third-order valence-electron chi connectivity index (χ3n) is 2.30. The zero-order valence-electron chi connectivity index (χ0n) is 9.86. The Balaban J connectivity index is 2.42. The van der Waals surface area contributed by atoms with Crippen LogP contribution in [-0.4, -0.2) is 13.7 Å². The second-order valence-corrected chi connectivity index (χ2v) is 3.91. The number of rotatable bonds is 6. The topological polar surface area (TPSA) is 45.0 Å². The summed E-state index contributed by atoms with van der Waals surface area (Å²) in [5, 5.41) is 11.9. The largest absolute Gasteiger partial charge is 0.380 e. The Hall–Kier alpha value is -1.37. The van der Waals surface area contributed by atoms with Crippen LogP contribution in [0.25, 0.3) is 0 Å². The molecule has 3 nitrogen and oxygen atoms in total. The summed E-state index contributed by atoms with van der Waals surface area (Å²) < 4.78 is 5.08. The molecule has 0 fully saturated rings. The fourth-order valence-corrected chi connectivity index (χ4v) is 1.47. The van der Waals surface area contributed by atoms with Gasteiger partial charge < -0.3 is 10.1 Å². The summed E-state index contributed by atoms with van der Waals surface area (Å²) in [7, 11) is 1.69. The van der Waals surface area contributed by atoms with E-state index >= 15 is 0 Å². The monoisotopic (exact) mass is 218 g/mol. The van der Waals surface area contributed by atoms with Crippen LogP contribution >= 0.6 is 0 Å². The molecule has 3 heteroatoms. The Morgan fingerprint density at radius 2 is 2.19 bits per heavy atom. The predicted molar refractivity (Wildman–Crippen MR) is 63.6 cm³/mol. The second-order valence-electron chi connectivity index (χ2n) is 3.91. The Kier molecular flexibility index (Phi) is 5.55. The standard InChI is InChI=1S/C13H18N2O/c1-11(7-14)8-15-9-12-4-3-5-13(6-12)10-16-2/h3-6,11,15H,8-10H2,1-2H3. The van der Waals surface area contributed by atoms with Crippen LogP contribution in [-0.2, 0) is 17.9 Å². The van der Waals surface area contributed by atoms with Crippen LogP contribution in [0.4, 0.5) is 0 Å². The average molecular weight is 218 g/mol. The molecule has 0 amide bonds. The van der Waals surface area contributed by atoms with Gasteiger partial charge in [-0.2, -0.15) is 5.26 Å². The Morgan fingerprint density at radius 3 is 2.88 bits per heavy atom. The summed E-state index contributed by atoms with van der Waals surface area (Å²) in [6.07, 6.45) is 0. The van der Waals surface area contributed by atoms with Crippen LogP contribution < -0.4 is 5.32 Å². The minimum absolute atomic E-state index is 0.0576. The van der Waals surface area contributed by atoms with Gasteiger partial charge in [0.2, 0.25) is 0 Å². The number of hydrogen-bond acceptors (Lipinski definition) is 3. The highest BCUT2D eigenvalue weighted by molar-refractivity contribution is 5.22. The van der Waals surface area contributed by atoms with E-state index in [1.54, 1.807) is 7.11 Å². The van der Waals surface area contributed by atoms with E-state index in [2.05, 4.69) is 23.5 Å². The number of nitriles is 1. The molecule has 1 aromatic rings. The van der Waals surface area contributed by atoms with Gasteiger partial charge in [0.05, 0.1) is 18.6 Å². The lowest BCUT2D eigenvalue weighted by molar-refractivity contribution is 0.185. The van der Waals surface area contributed by atoms with Gasteiger partial charge in [-0.05, 0) is 18.1 Å². The van der Waals surface area contributed by atoms with Gasteiger partial charge in [0.25, 0.3) is 0 Å². The Bertz CT molecular complexity index is 357. The molecule has 0 radical (unpaired) electrons. The maximum Gasteiger partial charge on any atom is 0.0713 e. The van der Waals surface area contributed by atoms with E-state index in [0.29, 0.717) is 6.61 Å². The van der Waals surface area contributed by atoms with Crippen molar-refractivity contribution in [1.29, 1.82) is 5.26 Å². The maximum atomic E-state index is 8.64. The highest BCUT2D eigenvalue weighted by Gasteiger charge is 1.99. The molecule has 0 aliphatic carbocycles. The van der Waals surface area contributed by atoms with E-state index in [1.807, 2.05) is 19.1 Å². The fraction of sp³-hybridized carbons (Fsp3) is 0.462. The van der Waals surface area contributed by atoms with Gasteiger partial charge >= 0.3 is 0 Å². The quantitative estimate of drug-likeness (QED) is 0.795. The minimum atomic E-state index is 0.0576. The lowest BCUT2D eigenvalue weighted by Gasteiger charge is -2.07. The van der Waals surface area contributed by atoms with E-state index in [-0.39, 0.29) is 5.92 Å². The first kappa shape index (κ1) is 12.7.